The van der Waals surface area contributed by atoms with Gasteiger partial charge in [0.05, 0.1) is 12.5 Å². The van der Waals surface area contributed by atoms with Crippen molar-refractivity contribution in [1.29, 1.82) is 0 Å². The van der Waals surface area contributed by atoms with Gasteiger partial charge < -0.3 is 16.2 Å². The minimum Gasteiger partial charge on any atom is -0.460 e. The second kappa shape index (κ2) is 8.67. The van der Waals surface area contributed by atoms with Crippen LogP contribution in [0.4, 0.5) is 0 Å². The van der Waals surface area contributed by atoms with Gasteiger partial charge in [-0.05, 0) is 5.56 Å². The van der Waals surface area contributed by atoms with Gasteiger partial charge in [-0.1, -0.05) is 30.3 Å². The van der Waals surface area contributed by atoms with E-state index in [-0.39, 0.29) is 19.6 Å². The fraction of sp³-hybridized carbons (Fsp3) is 0.308. The highest BCUT2D eigenvalue weighted by Gasteiger charge is 2.15. The first-order valence-electron chi connectivity index (χ1n) is 6.25. The van der Waals surface area contributed by atoms with Crippen LogP contribution in [-0.2, 0) is 25.7 Å². The standard InChI is InChI=1S/C13H18N4O4/c14-10(6-11(15)18)13(20)17-16-7-12(19)21-8-9-4-2-1-3-5-9/h1-5,10,16H,6-8,14H2,(H2,15,18)(H,17,20)/t10-/m0/s1. The van der Waals surface area contributed by atoms with Gasteiger partial charge in [0.25, 0.3) is 5.91 Å². The molecule has 0 aliphatic heterocycles. The summed E-state index contributed by atoms with van der Waals surface area (Å²) in [6, 6.07) is 8.12. The molecule has 21 heavy (non-hydrogen) atoms. The molecular formula is C13H18N4O4. The Hall–Kier alpha value is -2.45. The first kappa shape index (κ1) is 16.6. The highest BCUT2D eigenvalue weighted by molar-refractivity contribution is 5.87. The number of amides is 2. The molecule has 0 bridgehead atoms. The molecule has 0 heterocycles. The lowest BCUT2D eigenvalue weighted by atomic mass is 10.2. The van der Waals surface area contributed by atoms with Crippen molar-refractivity contribution in [2.45, 2.75) is 19.1 Å². The van der Waals surface area contributed by atoms with E-state index in [4.69, 9.17) is 16.2 Å². The van der Waals surface area contributed by atoms with E-state index in [1.54, 1.807) is 0 Å². The molecule has 6 N–H and O–H groups in total. The molecule has 0 saturated carbocycles. The number of ether oxygens (including phenoxy) is 1. The predicted octanol–water partition coefficient (Wildman–Crippen LogP) is -1.45. The summed E-state index contributed by atoms with van der Waals surface area (Å²) in [6.45, 7) is -0.0711. The maximum atomic E-state index is 11.4. The summed E-state index contributed by atoms with van der Waals surface area (Å²) in [7, 11) is 0. The first-order valence-corrected chi connectivity index (χ1v) is 6.25. The molecule has 1 aromatic rings. The van der Waals surface area contributed by atoms with Gasteiger partial charge in [-0.15, -0.1) is 0 Å². The molecule has 0 fully saturated rings. The molecule has 8 heteroatoms. The van der Waals surface area contributed by atoms with E-state index in [2.05, 4.69) is 10.9 Å². The molecule has 1 aromatic carbocycles. The van der Waals surface area contributed by atoms with E-state index in [9.17, 15) is 14.4 Å². The van der Waals surface area contributed by atoms with Gasteiger partial charge in [0, 0.05) is 0 Å². The number of nitrogens with two attached hydrogens (primary N) is 2. The number of hydrazine groups is 1. The Kier molecular flexibility index (Phi) is 6.85. The molecule has 114 valence electrons. The summed E-state index contributed by atoms with van der Waals surface area (Å²) < 4.78 is 4.98. The lowest BCUT2D eigenvalue weighted by Gasteiger charge is -2.11. The van der Waals surface area contributed by atoms with Crippen molar-refractivity contribution in [2.75, 3.05) is 6.54 Å². The van der Waals surface area contributed by atoms with Crippen molar-refractivity contribution < 1.29 is 19.1 Å². The van der Waals surface area contributed by atoms with Crippen LogP contribution in [0.2, 0.25) is 0 Å². The average molecular weight is 294 g/mol. The summed E-state index contributed by atoms with van der Waals surface area (Å²) >= 11 is 0. The fourth-order valence-electron chi connectivity index (χ4n) is 1.39. The molecule has 0 saturated heterocycles. The van der Waals surface area contributed by atoms with Crippen LogP contribution in [-0.4, -0.2) is 30.4 Å². The number of primary amides is 1. The van der Waals surface area contributed by atoms with Crippen LogP contribution >= 0.6 is 0 Å². The Morgan fingerprint density at radius 1 is 1.19 bits per heavy atom. The zero-order chi connectivity index (χ0) is 15.7. The van der Waals surface area contributed by atoms with Crippen LogP contribution in [0, 0.1) is 0 Å². The van der Waals surface area contributed by atoms with Crippen LogP contribution in [0.1, 0.15) is 12.0 Å². The van der Waals surface area contributed by atoms with Crippen LogP contribution in [0.5, 0.6) is 0 Å². The number of benzene rings is 1. The van der Waals surface area contributed by atoms with Crippen molar-refractivity contribution in [3.05, 3.63) is 35.9 Å². The molecule has 2 amide bonds. The second-order valence-corrected chi connectivity index (χ2v) is 4.27. The number of carbonyl (C=O) groups excluding carboxylic acids is 3. The molecule has 0 unspecified atom stereocenters. The highest BCUT2D eigenvalue weighted by Crippen LogP contribution is 2.00. The summed E-state index contributed by atoms with van der Waals surface area (Å²) in [6.07, 6.45) is -0.272. The molecule has 1 rings (SSSR count). The van der Waals surface area contributed by atoms with Crippen molar-refractivity contribution in [3.8, 4) is 0 Å². The Labute approximate surface area is 121 Å². The lowest BCUT2D eigenvalue weighted by molar-refractivity contribution is -0.144. The molecule has 1 atom stereocenters. The number of rotatable bonds is 8. The normalized spacial score (nSPS) is 11.5. The first-order chi connectivity index (χ1) is 9.99. The maximum absolute atomic E-state index is 11.4. The van der Waals surface area contributed by atoms with Gasteiger partial charge in [-0.2, -0.15) is 0 Å². The molecule has 0 radical (unpaired) electrons. The smallest absolute Gasteiger partial charge is 0.322 e. The monoisotopic (exact) mass is 294 g/mol. The average Bonchev–Trinajstić information content (AvgIpc) is 2.45. The van der Waals surface area contributed by atoms with E-state index >= 15 is 0 Å². The van der Waals surface area contributed by atoms with Gasteiger partial charge in [0.15, 0.2) is 0 Å². The van der Waals surface area contributed by atoms with Crippen LogP contribution in [0.3, 0.4) is 0 Å². The third-order valence-corrected chi connectivity index (χ3v) is 2.44. The van der Waals surface area contributed by atoms with Crippen LogP contribution < -0.4 is 22.3 Å². The summed E-state index contributed by atoms with van der Waals surface area (Å²) in [5.74, 6) is -1.85. The predicted molar refractivity (Wildman–Crippen MR) is 74.2 cm³/mol. The SMILES string of the molecule is NC(=O)C[C@H](N)C(=O)NNCC(=O)OCc1ccccc1. The third kappa shape index (κ3) is 7.04. The topological polar surface area (TPSA) is 137 Å². The van der Waals surface area contributed by atoms with Crippen molar-refractivity contribution in [2.24, 2.45) is 11.5 Å². The van der Waals surface area contributed by atoms with E-state index in [1.165, 1.54) is 0 Å². The molecule has 0 aliphatic rings. The highest BCUT2D eigenvalue weighted by atomic mass is 16.5. The van der Waals surface area contributed by atoms with Gasteiger partial charge in [-0.25, -0.2) is 5.43 Å². The molecule has 0 spiro atoms. The number of carbonyl (C=O) groups is 3. The quantitative estimate of drug-likeness (QED) is 0.342. The molecule has 0 aromatic heterocycles. The Morgan fingerprint density at radius 3 is 2.48 bits per heavy atom. The molecule has 8 nitrogen and oxygen atoms in total. The van der Waals surface area contributed by atoms with Crippen molar-refractivity contribution in [1.82, 2.24) is 10.9 Å². The Balaban J connectivity index is 2.18. The van der Waals surface area contributed by atoms with Crippen molar-refractivity contribution >= 4 is 17.8 Å². The van der Waals surface area contributed by atoms with E-state index < -0.39 is 23.8 Å². The second-order valence-electron chi connectivity index (χ2n) is 4.27. The summed E-state index contributed by atoms with van der Waals surface area (Å²) in [4.78, 5) is 33.4. The third-order valence-electron chi connectivity index (χ3n) is 2.44. The van der Waals surface area contributed by atoms with Crippen LogP contribution in [0.15, 0.2) is 30.3 Å². The number of hydrogen-bond donors (Lipinski definition) is 4. The van der Waals surface area contributed by atoms with Crippen molar-refractivity contribution in [3.63, 3.8) is 0 Å². The van der Waals surface area contributed by atoms with Gasteiger partial charge >= 0.3 is 5.97 Å². The maximum Gasteiger partial charge on any atom is 0.322 e. The minimum absolute atomic E-state index is 0.149. The zero-order valence-corrected chi connectivity index (χ0v) is 11.4. The van der Waals surface area contributed by atoms with E-state index in [0.29, 0.717) is 0 Å². The van der Waals surface area contributed by atoms with Gasteiger partial charge in [0.1, 0.15) is 13.2 Å². The fourth-order valence-corrected chi connectivity index (χ4v) is 1.39. The number of nitrogens with one attached hydrogen (secondary N) is 2. The summed E-state index contributed by atoms with van der Waals surface area (Å²) in [5, 5.41) is 0. The molecule has 0 aliphatic carbocycles. The summed E-state index contributed by atoms with van der Waals surface area (Å²) in [5.41, 5.74) is 15.7. The number of hydrogen-bond acceptors (Lipinski definition) is 6. The lowest BCUT2D eigenvalue weighted by Crippen LogP contribution is -2.49. The Bertz CT molecular complexity index is 492. The number of esters is 1. The minimum atomic E-state index is -1.06. The van der Waals surface area contributed by atoms with Crippen LogP contribution in [0.25, 0.3) is 0 Å². The van der Waals surface area contributed by atoms with Gasteiger partial charge in [0.2, 0.25) is 5.91 Å². The van der Waals surface area contributed by atoms with Gasteiger partial charge in [-0.3, -0.25) is 19.8 Å². The van der Waals surface area contributed by atoms with E-state index in [0.717, 1.165) is 5.56 Å². The molecular weight excluding hydrogens is 276 g/mol. The Morgan fingerprint density at radius 2 is 1.86 bits per heavy atom. The van der Waals surface area contributed by atoms with E-state index in [1.807, 2.05) is 30.3 Å². The zero-order valence-electron chi connectivity index (χ0n) is 11.4. The largest absolute Gasteiger partial charge is 0.460 e.